The maximum atomic E-state index is 12.8. The van der Waals surface area contributed by atoms with E-state index < -0.39 is 9.84 Å². The first-order valence-corrected chi connectivity index (χ1v) is 12.6. The average Bonchev–Trinajstić information content (AvgIpc) is 3.16. The van der Waals surface area contributed by atoms with Gasteiger partial charge in [-0.2, -0.15) is 0 Å². The van der Waals surface area contributed by atoms with E-state index in [9.17, 15) is 13.2 Å². The standard InChI is InChI=1S/C26H23ClN2O4S/c1-16-4-12-22(13-5-16)34(31,32)15-24-18(3)33-26(29-24)20-9-7-19(8-10-20)25(30)28-23-14-21(27)11-6-17(23)2/h4-14H,15H2,1-3H3,(H,28,30). The molecule has 174 valence electrons. The molecule has 8 heteroatoms. The molecule has 4 rings (SSSR count). The molecule has 1 N–H and O–H groups in total. The molecule has 4 aromatic rings. The predicted molar refractivity (Wildman–Crippen MR) is 133 cm³/mol. The van der Waals surface area contributed by atoms with Crippen molar-refractivity contribution in [1.29, 1.82) is 0 Å². The zero-order chi connectivity index (χ0) is 24.5. The van der Waals surface area contributed by atoms with Crippen molar-refractivity contribution in [2.45, 2.75) is 31.4 Å². The molecule has 1 amide bonds. The van der Waals surface area contributed by atoms with Gasteiger partial charge in [0.25, 0.3) is 5.91 Å². The molecule has 0 radical (unpaired) electrons. The molecule has 0 saturated carbocycles. The van der Waals surface area contributed by atoms with Gasteiger partial charge in [-0.05, 0) is 74.9 Å². The van der Waals surface area contributed by atoms with Gasteiger partial charge in [-0.1, -0.05) is 35.4 Å². The van der Waals surface area contributed by atoms with E-state index in [1.54, 1.807) is 67.6 Å². The van der Waals surface area contributed by atoms with Gasteiger partial charge in [-0.25, -0.2) is 13.4 Å². The SMILES string of the molecule is Cc1ccc(S(=O)(=O)Cc2nc(-c3ccc(C(=O)Nc4cc(Cl)ccc4C)cc3)oc2C)cc1. The third-order valence-electron chi connectivity index (χ3n) is 5.44. The monoisotopic (exact) mass is 494 g/mol. The molecular formula is C26H23ClN2O4S. The molecule has 0 saturated heterocycles. The Morgan fingerprint density at radius 1 is 0.971 bits per heavy atom. The number of carbonyl (C=O) groups is 1. The van der Waals surface area contributed by atoms with Crippen LogP contribution in [0.15, 0.2) is 76.0 Å². The van der Waals surface area contributed by atoms with E-state index in [4.69, 9.17) is 16.0 Å². The van der Waals surface area contributed by atoms with Crippen molar-refractivity contribution in [1.82, 2.24) is 4.98 Å². The molecule has 0 spiro atoms. The molecule has 1 heterocycles. The number of oxazole rings is 1. The van der Waals surface area contributed by atoms with Gasteiger partial charge in [0.1, 0.15) is 11.5 Å². The Kier molecular flexibility index (Phi) is 6.59. The number of sulfone groups is 1. The van der Waals surface area contributed by atoms with Crippen LogP contribution < -0.4 is 5.32 Å². The minimum atomic E-state index is -3.56. The molecule has 0 aliphatic heterocycles. The van der Waals surface area contributed by atoms with Crippen molar-refractivity contribution < 1.29 is 17.6 Å². The number of nitrogens with one attached hydrogen (secondary N) is 1. The highest BCUT2D eigenvalue weighted by atomic mass is 35.5. The second-order valence-corrected chi connectivity index (χ2v) is 10.5. The summed E-state index contributed by atoms with van der Waals surface area (Å²) in [5, 5.41) is 3.39. The van der Waals surface area contributed by atoms with Crippen LogP contribution >= 0.6 is 11.6 Å². The van der Waals surface area contributed by atoms with Gasteiger partial charge >= 0.3 is 0 Å². The van der Waals surface area contributed by atoms with Crippen LogP contribution in [-0.2, 0) is 15.6 Å². The van der Waals surface area contributed by atoms with Gasteiger partial charge in [-0.15, -0.1) is 0 Å². The first-order chi connectivity index (χ1) is 16.1. The summed E-state index contributed by atoms with van der Waals surface area (Å²) in [6.07, 6.45) is 0. The molecule has 34 heavy (non-hydrogen) atoms. The third kappa shape index (κ3) is 5.21. The van der Waals surface area contributed by atoms with Gasteiger partial charge in [0.15, 0.2) is 9.84 Å². The van der Waals surface area contributed by atoms with Gasteiger partial charge in [0, 0.05) is 21.8 Å². The number of hydrogen-bond acceptors (Lipinski definition) is 5. The van der Waals surface area contributed by atoms with Gasteiger partial charge in [0.2, 0.25) is 5.89 Å². The Hall–Kier alpha value is -3.42. The summed E-state index contributed by atoms with van der Waals surface area (Å²) in [5.74, 6) is 0.198. The van der Waals surface area contributed by atoms with Crippen molar-refractivity contribution in [3.63, 3.8) is 0 Å². The number of aromatic nitrogens is 1. The molecule has 0 bridgehead atoms. The quantitative estimate of drug-likeness (QED) is 0.347. The summed E-state index contributed by atoms with van der Waals surface area (Å²) in [7, 11) is -3.56. The summed E-state index contributed by atoms with van der Waals surface area (Å²) in [6.45, 7) is 5.47. The maximum absolute atomic E-state index is 12.8. The molecule has 0 unspecified atom stereocenters. The van der Waals surface area contributed by atoms with Gasteiger partial charge < -0.3 is 9.73 Å². The summed E-state index contributed by atoms with van der Waals surface area (Å²) in [5.41, 5.74) is 3.97. The molecule has 6 nitrogen and oxygen atoms in total. The van der Waals surface area contributed by atoms with E-state index in [1.807, 2.05) is 19.9 Å². The molecule has 1 aromatic heterocycles. The maximum Gasteiger partial charge on any atom is 0.255 e. The largest absolute Gasteiger partial charge is 0.441 e. The second-order valence-electron chi connectivity index (χ2n) is 8.08. The Morgan fingerprint density at radius 2 is 1.65 bits per heavy atom. The van der Waals surface area contributed by atoms with Crippen LogP contribution in [0.1, 0.15) is 32.9 Å². The van der Waals surface area contributed by atoms with Crippen LogP contribution in [-0.4, -0.2) is 19.3 Å². The fraction of sp³-hybridized carbons (Fsp3) is 0.154. The van der Waals surface area contributed by atoms with Crippen molar-refractivity contribution in [2.24, 2.45) is 0 Å². The van der Waals surface area contributed by atoms with E-state index in [0.717, 1.165) is 11.1 Å². The molecule has 0 aliphatic rings. The van der Waals surface area contributed by atoms with Crippen molar-refractivity contribution >= 4 is 33.0 Å². The van der Waals surface area contributed by atoms with Crippen LogP contribution in [0.5, 0.6) is 0 Å². The van der Waals surface area contributed by atoms with Crippen LogP contribution in [0.2, 0.25) is 5.02 Å². The normalized spacial score (nSPS) is 11.4. The lowest BCUT2D eigenvalue weighted by Crippen LogP contribution is -2.12. The minimum absolute atomic E-state index is 0.243. The second kappa shape index (κ2) is 9.44. The zero-order valence-corrected chi connectivity index (χ0v) is 20.5. The fourth-order valence-electron chi connectivity index (χ4n) is 3.38. The van der Waals surface area contributed by atoms with E-state index in [2.05, 4.69) is 10.3 Å². The smallest absolute Gasteiger partial charge is 0.255 e. The summed E-state index contributed by atoms with van der Waals surface area (Å²) < 4.78 is 31.3. The van der Waals surface area contributed by atoms with E-state index in [0.29, 0.717) is 39.2 Å². The molecule has 0 aliphatic carbocycles. The molecular weight excluding hydrogens is 472 g/mol. The Balaban J connectivity index is 1.51. The number of carbonyl (C=O) groups excluding carboxylic acids is 1. The van der Waals surface area contributed by atoms with Gasteiger partial charge in [-0.3, -0.25) is 4.79 Å². The third-order valence-corrected chi connectivity index (χ3v) is 7.32. The number of anilines is 1. The molecule has 0 fully saturated rings. The van der Waals surface area contributed by atoms with E-state index >= 15 is 0 Å². The number of amides is 1. The van der Waals surface area contributed by atoms with E-state index in [1.165, 1.54) is 0 Å². The average molecular weight is 495 g/mol. The lowest BCUT2D eigenvalue weighted by atomic mass is 10.1. The Morgan fingerprint density at radius 3 is 2.32 bits per heavy atom. The van der Waals surface area contributed by atoms with Crippen LogP contribution in [0.4, 0.5) is 5.69 Å². The highest BCUT2D eigenvalue weighted by Gasteiger charge is 2.21. The summed E-state index contributed by atoms with van der Waals surface area (Å²) in [4.78, 5) is 17.3. The number of nitrogens with zero attached hydrogens (tertiary/aromatic N) is 1. The number of rotatable bonds is 6. The Bertz CT molecular complexity index is 1460. The lowest BCUT2D eigenvalue weighted by molar-refractivity contribution is 0.102. The van der Waals surface area contributed by atoms with Crippen molar-refractivity contribution in [3.8, 4) is 11.5 Å². The zero-order valence-electron chi connectivity index (χ0n) is 18.9. The van der Waals surface area contributed by atoms with Crippen LogP contribution in [0.3, 0.4) is 0 Å². The highest BCUT2D eigenvalue weighted by Crippen LogP contribution is 2.26. The summed E-state index contributed by atoms with van der Waals surface area (Å²) in [6, 6.07) is 18.8. The Labute approximate surface area is 203 Å². The van der Waals surface area contributed by atoms with Crippen LogP contribution in [0.25, 0.3) is 11.5 Å². The lowest BCUT2D eigenvalue weighted by Gasteiger charge is -2.09. The van der Waals surface area contributed by atoms with E-state index in [-0.39, 0.29) is 16.6 Å². The fourth-order valence-corrected chi connectivity index (χ4v) is 4.90. The van der Waals surface area contributed by atoms with Crippen molar-refractivity contribution in [2.75, 3.05) is 5.32 Å². The van der Waals surface area contributed by atoms with Crippen LogP contribution in [0, 0.1) is 20.8 Å². The molecule has 3 aromatic carbocycles. The number of aryl methyl sites for hydroxylation is 3. The summed E-state index contributed by atoms with van der Waals surface area (Å²) >= 11 is 6.02. The first-order valence-electron chi connectivity index (χ1n) is 10.6. The predicted octanol–water partition coefficient (Wildman–Crippen LogP) is 6.15. The first kappa shape index (κ1) is 23.7. The minimum Gasteiger partial charge on any atom is -0.441 e. The van der Waals surface area contributed by atoms with Crippen molar-refractivity contribution in [3.05, 3.63) is 99.9 Å². The highest BCUT2D eigenvalue weighted by molar-refractivity contribution is 7.90. The number of hydrogen-bond donors (Lipinski definition) is 1. The molecule has 0 atom stereocenters. The van der Waals surface area contributed by atoms with Gasteiger partial charge in [0.05, 0.1) is 10.6 Å². The topological polar surface area (TPSA) is 89.3 Å². The number of halogens is 1. The number of benzene rings is 3.